The normalized spacial score (nSPS) is 14.5. The number of nitrogens with one attached hydrogen (secondary N) is 2. The Hall–Kier alpha value is -3.35. The average molecular weight is 514 g/mol. The number of carbonyl (C=O) groups is 1. The summed E-state index contributed by atoms with van der Waals surface area (Å²) in [6.45, 7) is 0.420. The highest BCUT2D eigenvalue weighted by Gasteiger charge is 2.23. The van der Waals surface area contributed by atoms with Gasteiger partial charge in [0.1, 0.15) is 6.17 Å². The van der Waals surface area contributed by atoms with Crippen LogP contribution in [0, 0.1) is 0 Å². The van der Waals surface area contributed by atoms with Crippen LogP contribution in [0.4, 0.5) is 5.69 Å². The summed E-state index contributed by atoms with van der Waals surface area (Å²) >= 11 is 6.35. The number of methoxy groups -OCH3 is 2. The number of carbonyl (C=O) groups excluding carboxylic acids is 1. The third-order valence-corrected chi connectivity index (χ3v) is 6.14. The van der Waals surface area contributed by atoms with E-state index in [4.69, 9.17) is 21.1 Å². The first-order valence-corrected chi connectivity index (χ1v) is 11.4. The maximum Gasteiger partial charge on any atom is 0.224 e. The molecular formula is C27H29Cl2N3O3. The molecule has 0 bridgehead atoms. The SMILES string of the molecule is COc1ccc(CC(=O)NCC2NC=C(c3ccccc3)c3cc(Cl)ccc3N2C)cc1OC.Cl. The van der Waals surface area contributed by atoms with Crippen molar-refractivity contribution in [1.82, 2.24) is 10.6 Å². The number of fused-ring (bicyclic) bond motifs is 1. The molecule has 1 atom stereocenters. The van der Waals surface area contributed by atoms with Gasteiger partial charge in [-0.15, -0.1) is 12.4 Å². The summed E-state index contributed by atoms with van der Waals surface area (Å²) in [5.74, 6) is 1.16. The van der Waals surface area contributed by atoms with E-state index in [1.807, 2.05) is 61.8 Å². The molecular weight excluding hydrogens is 485 g/mol. The predicted molar refractivity (Wildman–Crippen MR) is 144 cm³/mol. The van der Waals surface area contributed by atoms with Gasteiger partial charge in [0.25, 0.3) is 0 Å². The first-order chi connectivity index (χ1) is 16.5. The first-order valence-electron chi connectivity index (χ1n) is 11.0. The van der Waals surface area contributed by atoms with Crippen molar-refractivity contribution in [1.29, 1.82) is 0 Å². The molecule has 0 fully saturated rings. The highest BCUT2D eigenvalue weighted by molar-refractivity contribution is 6.31. The molecule has 184 valence electrons. The van der Waals surface area contributed by atoms with Crippen LogP contribution in [-0.4, -0.2) is 39.9 Å². The first kappa shape index (κ1) is 26.3. The number of nitrogens with zero attached hydrogens (tertiary/aromatic N) is 1. The van der Waals surface area contributed by atoms with Gasteiger partial charge in [-0.2, -0.15) is 0 Å². The molecule has 1 aliphatic heterocycles. The van der Waals surface area contributed by atoms with E-state index in [1.54, 1.807) is 20.3 Å². The number of ether oxygens (including phenoxy) is 2. The van der Waals surface area contributed by atoms with E-state index in [0.717, 1.165) is 28.0 Å². The Morgan fingerprint density at radius 1 is 1.03 bits per heavy atom. The van der Waals surface area contributed by atoms with E-state index in [1.165, 1.54) is 0 Å². The van der Waals surface area contributed by atoms with Gasteiger partial charge in [0, 0.05) is 35.1 Å². The number of halogens is 2. The largest absolute Gasteiger partial charge is 0.493 e. The maximum absolute atomic E-state index is 12.7. The van der Waals surface area contributed by atoms with Crippen LogP contribution in [0.1, 0.15) is 16.7 Å². The Morgan fingerprint density at radius 2 is 1.77 bits per heavy atom. The van der Waals surface area contributed by atoms with Crippen molar-refractivity contribution >= 4 is 41.2 Å². The number of amides is 1. The predicted octanol–water partition coefficient (Wildman–Crippen LogP) is 4.89. The minimum absolute atomic E-state index is 0. The maximum atomic E-state index is 12.7. The molecule has 1 unspecified atom stereocenters. The molecule has 1 amide bonds. The third-order valence-electron chi connectivity index (χ3n) is 5.91. The Kier molecular flexibility index (Phi) is 8.90. The molecule has 35 heavy (non-hydrogen) atoms. The van der Waals surface area contributed by atoms with Crippen molar-refractivity contribution in [3.8, 4) is 11.5 Å². The molecule has 2 N–H and O–H groups in total. The summed E-state index contributed by atoms with van der Waals surface area (Å²) in [6.07, 6.45) is 2.10. The Bertz CT molecular complexity index is 1200. The number of rotatable bonds is 7. The van der Waals surface area contributed by atoms with Crippen molar-refractivity contribution in [2.45, 2.75) is 12.6 Å². The lowest BCUT2D eigenvalue weighted by Gasteiger charge is -2.30. The summed E-state index contributed by atoms with van der Waals surface area (Å²) in [4.78, 5) is 14.8. The number of hydrogen-bond acceptors (Lipinski definition) is 5. The van der Waals surface area contributed by atoms with Gasteiger partial charge in [-0.1, -0.05) is 48.0 Å². The molecule has 3 aromatic rings. The van der Waals surface area contributed by atoms with Crippen molar-refractivity contribution in [3.05, 3.63) is 94.6 Å². The monoisotopic (exact) mass is 513 g/mol. The quantitative estimate of drug-likeness (QED) is 0.470. The summed E-state index contributed by atoms with van der Waals surface area (Å²) in [7, 11) is 5.18. The average Bonchev–Trinajstić information content (AvgIpc) is 2.99. The minimum atomic E-state index is -0.143. The molecule has 0 radical (unpaired) electrons. The number of benzene rings is 3. The molecule has 6 nitrogen and oxygen atoms in total. The van der Waals surface area contributed by atoms with Gasteiger partial charge < -0.3 is 25.0 Å². The fourth-order valence-corrected chi connectivity index (χ4v) is 4.24. The summed E-state index contributed by atoms with van der Waals surface area (Å²) in [5.41, 5.74) is 5.05. The van der Waals surface area contributed by atoms with Crippen LogP contribution < -0.4 is 25.0 Å². The van der Waals surface area contributed by atoms with Crippen LogP contribution in [0.5, 0.6) is 11.5 Å². The van der Waals surface area contributed by atoms with Crippen molar-refractivity contribution in [3.63, 3.8) is 0 Å². The summed E-state index contributed by atoms with van der Waals surface area (Å²) in [6, 6.07) is 21.5. The van der Waals surface area contributed by atoms with E-state index < -0.39 is 0 Å². The molecule has 1 aliphatic rings. The fourth-order valence-electron chi connectivity index (χ4n) is 4.07. The number of anilines is 1. The zero-order chi connectivity index (χ0) is 24.1. The Balaban J connectivity index is 0.00000342. The van der Waals surface area contributed by atoms with Gasteiger partial charge in [-0.3, -0.25) is 4.79 Å². The van der Waals surface area contributed by atoms with Gasteiger partial charge in [-0.05, 0) is 41.5 Å². The van der Waals surface area contributed by atoms with Gasteiger partial charge in [0.2, 0.25) is 5.91 Å². The molecule has 8 heteroatoms. The zero-order valence-electron chi connectivity index (χ0n) is 19.9. The van der Waals surface area contributed by atoms with Crippen LogP contribution in [-0.2, 0) is 11.2 Å². The van der Waals surface area contributed by atoms with E-state index in [9.17, 15) is 4.79 Å². The minimum Gasteiger partial charge on any atom is -0.493 e. The molecule has 0 saturated carbocycles. The van der Waals surface area contributed by atoms with Crippen molar-refractivity contribution < 1.29 is 14.3 Å². The molecule has 1 heterocycles. The second-order valence-corrected chi connectivity index (χ2v) is 8.49. The molecule has 3 aromatic carbocycles. The van der Waals surface area contributed by atoms with E-state index >= 15 is 0 Å². The van der Waals surface area contributed by atoms with E-state index in [-0.39, 0.29) is 30.9 Å². The molecule has 0 aliphatic carbocycles. The van der Waals surface area contributed by atoms with Crippen LogP contribution in [0.3, 0.4) is 0 Å². The lowest BCUT2D eigenvalue weighted by atomic mass is 9.97. The fraction of sp³-hybridized carbons (Fsp3) is 0.222. The van der Waals surface area contributed by atoms with Crippen LogP contribution in [0.15, 0.2) is 72.9 Å². The smallest absolute Gasteiger partial charge is 0.224 e. The second-order valence-electron chi connectivity index (χ2n) is 8.05. The van der Waals surface area contributed by atoms with E-state index in [2.05, 4.69) is 27.7 Å². The van der Waals surface area contributed by atoms with Crippen LogP contribution >= 0.6 is 24.0 Å². The third kappa shape index (κ3) is 6.02. The van der Waals surface area contributed by atoms with Gasteiger partial charge in [0.15, 0.2) is 11.5 Å². The van der Waals surface area contributed by atoms with Crippen LogP contribution in [0.25, 0.3) is 5.57 Å². The highest BCUT2D eigenvalue weighted by Crippen LogP contribution is 2.35. The number of hydrogen-bond donors (Lipinski definition) is 2. The Labute approximate surface area is 217 Å². The highest BCUT2D eigenvalue weighted by atomic mass is 35.5. The zero-order valence-corrected chi connectivity index (χ0v) is 21.5. The Morgan fingerprint density at radius 3 is 2.49 bits per heavy atom. The lowest BCUT2D eigenvalue weighted by molar-refractivity contribution is -0.120. The van der Waals surface area contributed by atoms with Gasteiger partial charge in [0.05, 0.1) is 27.2 Å². The summed E-state index contributed by atoms with van der Waals surface area (Å²) in [5, 5.41) is 7.20. The van der Waals surface area contributed by atoms with Gasteiger partial charge in [-0.25, -0.2) is 0 Å². The molecule has 0 spiro atoms. The molecule has 0 saturated heterocycles. The molecule has 4 rings (SSSR count). The lowest BCUT2D eigenvalue weighted by Crippen LogP contribution is -2.49. The van der Waals surface area contributed by atoms with Gasteiger partial charge >= 0.3 is 0 Å². The molecule has 0 aromatic heterocycles. The second kappa shape index (κ2) is 11.9. The van der Waals surface area contributed by atoms with Crippen molar-refractivity contribution in [2.24, 2.45) is 0 Å². The topological polar surface area (TPSA) is 62.8 Å². The standard InChI is InChI=1S/C27H28ClN3O3.ClH/c1-31-23-11-10-20(28)15-21(23)22(19-7-5-4-6-8-19)16-29-26(31)17-30-27(32)14-18-9-12-24(33-2)25(13-18)34-3;/h4-13,15-16,26,29H,14,17H2,1-3H3,(H,30,32);1H. The summed E-state index contributed by atoms with van der Waals surface area (Å²) < 4.78 is 10.6. The number of likely N-dealkylation sites (N-methyl/N-ethyl adjacent to an activating group) is 1. The van der Waals surface area contributed by atoms with E-state index in [0.29, 0.717) is 23.1 Å². The van der Waals surface area contributed by atoms with Crippen LogP contribution in [0.2, 0.25) is 5.02 Å². The van der Waals surface area contributed by atoms with Crippen molar-refractivity contribution in [2.75, 3.05) is 32.7 Å².